The minimum absolute atomic E-state index is 0.0475. The number of nitriles is 1. The smallest absolute Gasteiger partial charge is 0.226 e. The Morgan fingerprint density at radius 3 is 2.81 bits per heavy atom. The summed E-state index contributed by atoms with van der Waals surface area (Å²) in [5, 5.41) is 16.0. The number of carbonyl (C=O) groups is 1. The summed E-state index contributed by atoms with van der Waals surface area (Å²) >= 11 is 0. The zero-order valence-electron chi connectivity index (χ0n) is 15.2. The van der Waals surface area contributed by atoms with Crippen LogP contribution < -0.4 is 21.5 Å². The van der Waals surface area contributed by atoms with Crippen LogP contribution in [0.2, 0.25) is 0 Å². The lowest BCUT2D eigenvalue weighted by atomic mass is 9.96. The highest BCUT2D eigenvalue weighted by Gasteiger charge is 2.29. The SMILES string of the molecule is C[C@@H](CNC#N)C(=O)NC1CC(c2ccc(C3CNN(C)C3)cc2)NO1. The molecular weight excluding hydrogens is 332 g/mol. The van der Waals surface area contributed by atoms with Gasteiger partial charge in [0, 0.05) is 39.0 Å². The van der Waals surface area contributed by atoms with Gasteiger partial charge >= 0.3 is 0 Å². The summed E-state index contributed by atoms with van der Waals surface area (Å²) in [6, 6.07) is 8.64. The van der Waals surface area contributed by atoms with Gasteiger partial charge in [0.2, 0.25) is 5.91 Å². The third kappa shape index (κ3) is 4.51. The molecule has 3 rings (SSSR count). The first-order chi connectivity index (χ1) is 12.6. The van der Waals surface area contributed by atoms with Gasteiger partial charge in [-0.05, 0) is 11.1 Å². The number of amides is 1. The Kier molecular flexibility index (Phi) is 6.06. The van der Waals surface area contributed by atoms with E-state index >= 15 is 0 Å². The Balaban J connectivity index is 1.50. The van der Waals surface area contributed by atoms with Gasteiger partial charge in [-0.25, -0.2) is 5.01 Å². The van der Waals surface area contributed by atoms with E-state index in [-0.39, 0.29) is 24.1 Å². The highest BCUT2D eigenvalue weighted by molar-refractivity contribution is 5.78. The van der Waals surface area contributed by atoms with Crippen LogP contribution in [-0.2, 0) is 9.63 Å². The molecule has 2 fully saturated rings. The molecule has 0 aliphatic carbocycles. The Bertz CT molecular complexity index is 659. The first-order valence-electron chi connectivity index (χ1n) is 8.95. The predicted molar refractivity (Wildman–Crippen MR) is 96.1 cm³/mol. The molecule has 1 aromatic carbocycles. The molecule has 0 aromatic heterocycles. The lowest BCUT2D eigenvalue weighted by molar-refractivity contribution is -0.128. The first kappa shape index (κ1) is 18.6. The number of hydrazine groups is 1. The van der Waals surface area contributed by atoms with Crippen LogP contribution in [0.1, 0.15) is 36.4 Å². The van der Waals surface area contributed by atoms with Crippen LogP contribution in [0.15, 0.2) is 24.3 Å². The number of benzene rings is 1. The fraction of sp³-hybridized carbons (Fsp3) is 0.556. The highest BCUT2D eigenvalue weighted by Crippen LogP contribution is 2.27. The van der Waals surface area contributed by atoms with Crippen LogP contribution >= 0.6 is 0 Å². The summed E-state index contributed by atoms with van der Waals surface area (Å²) in [5.41, 5.74) is 8.79. The lowest BCUT2D eigenvalue weighted by Gasteiger charge is -2.15. The lowest BCUT2D eigenvalue weighted by Crippen LogP contribution is -2.40. The molecule has 2 saturated heterocycles. The Labute approximate surface area is 153 Å². The molecule has 0 bridgehead atoms. The molecule has 140 valence electrons. The van der Waals surface area contributed by atoms with Crippen LogP contribution in [0, 0.1) is 17.4 Å². The van der Waals surface area contributed by atoms with Gasteiger partial charge in [-0.1, -0.05) is 31.2 Å². The number of hydrogen-bond donors (Lipinski definition) is 4. The van der Waals surface area contributed by atoms with Crippen LogP contribution in [0.4, 0.5) is 0 Å². The fourth-order valence-corrected chi connectivity index (χ4v) is 3.31. The summed E-state index contributed by atoms with van der Waals surface area (Å²) in [6.45, 7) is 4.07. The Hall–Kier alpha value is -2.18. The topological polar surface area (TPSA) is 101 Å². The second-order valence-corrected chi connectivity index (χ2v) is 7.02. The van der Waals surface area contributed by atoms with Crippen molar-refractivity contribution in [2.75, 3.05) is 26.7 Å². The molecule has 1 amide bonds. The van der Waals surface area contributed by atoms with Crippen molar-refractivity contribution in [3.05, 3.63) is 35.4 Å². The van der Waals surface area contributed by atoms with Crippen LogP contribution in [-0.4, -0.2) is 43.8 Å². The third-order valence-corrected chi connectivity index (χ3v) is 4.95. The summed E-state index contributed by atoms with van der Waals surface area (Å²) in [4.78, 5) is 17.6. The van der Waals surface area contributed by atoms with Gasteiger partial charge in [0.15, 0.2) is 12.4 Å². The zero-order valence-corrected chi connectivity index (χ0v) is 15.2. The molecule has 2 heterocycles. The van der Waals surface area contributed by atoms with Gasteiger partial charge in [-0.15, -0.1) is 0 Å². The van der Waals surface area contributed by atoms with Gasteiger partial charge < -0.3 is 10.6 Å². The maximum absolute atomic E-state index is 12.1. The predicted octanol–water partition coefficient (Wildman–Crippen LogP) is 0.335. The molecule has 0 saturated carbocycles. The van der Waals surface area contributed by atoms with Crippen molar-refractivity contribution < 1.29 is 9.63 Å². The number of nitrogens with one attached hydrogen (secondary N) is 4. The maximum Gasteiger partial charge on any atom is 0.226 e. The van der Waals surface area contributed by atoms with Gasteiger partial charge in [0.1, 0.15) is 0 Å². The number of hydrogen-bond acceptors (Lipinski definition) is 7. The molecule has 4 atom stereocenters. The minimum Gasteiger partial charge on any atom is -0.329 e. The number of rotatable bonds is 6. The normalized spacial score (nSPS) is 27.0. The fourth-order valence-electron chi connectivity index (χ4n) is 3.31. The largest absolute Gasteiger partial charge is 0.329 e. The van der Waals surface area contributed by atoms with E-state index in [4.69, 9.17) is 10.1 Å². The molecule has 26 heavy (non-hydrogen) atoms. The number of nitrogens with zero attached hydrogens (tertiary/aromatic N) is 2. The second-order valence-electron chi connectivity index (χ2n) is 7.02. The molecule has 4 N–H and O–H groups in total. The van der Waals surface area contributed by atoms with Crippen LogP contribution in [0.25, 0.3) is 0 Å². The summed E-state index contributed by atoms with van der Waals surface area (Å²) in [7, 11) is 2.06. The van der Waals surface area contributed by atoms with Crippen molar-refractivity contribution in [1.82, 2.24) is 26.5 Å². The average molecular weight is 358 g/mol. The number of likely N-dealkylation sites (N-methyl/N-ethyl adjacent to an activating group) is 1. The van der Waals surface area contributed by atoms with E-state index in [1.165, 1.54) is 5.56 Å². The molecular formula is C18H26N6O2. The minimum atomic E-state index is -0.371. The van der Waals surface area contributed by atoms with Crippen LogP contribution in [0.5, 0.6) is 0 Å². The molecule has 0 spiro atoms. The van der Waals surface area contributed by atoms with Gasteiger partial charge in [0.25, 0.3) is 0 Å². The van der Waals surface area contributed by atoms with Gasteiger partial charge in [-0.3, -0.25) is 15.1 Å². The summed E-state index contributed by atoms with van der Waals surface area (Å²) in [5.74, 6) is 0.0838. The van der Waals surface area contributed by atoms with E-state index in [9.17, 15) is 4.79 Å². The van der Waals surface area contributed by atoms with Gasteiger partial charge in [-0.2, -0.15) is 10.7 Å². The van der Waals surface area contributed by atoms with E-state index in [2.05, 4.69) is 57.9 Å². The molecule has 8 nitrogen and oxygen atoms in total. The Morgan fingerprint density at radius 2 is 2.15 bits per heavy atom. The average Bonchev–Trinajstić information content (AvgIpc) is 3.29. The van der Waals surface area contributed by atoms with E-state index in [1.54, 1.807) is 6.92 Å². The molecule has 3 unspecified atom stereocenters. The van der Waals surface area contributed by atoms with E-state index < -0.39 is 0 Å². The first-order valence-corrected chi connectivity index (χ1v) is 8.95. The van der Waals surface area contributed by atoms with E-state index in [1.807, 2.05) is 6.19 Å². The molecule has 1 aromatic rings. The Morgan fingerprint density at radius 1 is 1.42 bits per heavy atom. The van der Waals surface area contributed by atoms with Crippen LogP contribution in [0.3, 0.4) is 0 Å². The summed E-state index contributed by atoms with van der Waals surface area (Å²) in [6.07, 6.45) is 2.12. The van der Waals surface area contributed by atoms with E-state index in [0.717, 1.165) is 18.7 Å². The molecule has 2 aliphatic heterocycles. The molecule has 8 heteroatoms. The number of hydroxylamine groups is 1. The third-order valence-electron chi connectivity index (χ3n) is 4.95. The quantitative estimate of drug-likeness (QED) is 0.429. The van der Waals surface area contributed by atoms with E-state index in [0.29, 0.717) is 18.9 Å². The molecule has 0 radical (unpaired) electrons. The van der Waals surface area contributed by atoms with Crippen molar-refractivity contribution in [3.63, 3.8) is 0 Å². The standard InChI is InChI=1S/C18H26N6O2/c1-12(8-20-11-19)18(25)22-17-7-16(23-26-17)14-5-3-13(4-6-14)15-9-21-24(2)10-15/h3-6,12,15-17,20-21,23H,7-10H2,1-2H3,(H,22,25)/t12-,15?,16?,17?/m0/s1. The van der Waals surface area contributed by atoms with Crippen molar-refractivity contribution in [2.45, 2.75) is 31.5 Å². The highest BCUT2D eigenvalue weighted by atomic mass is 16.7. The van der Waals surface area contributed by atoms with Crippen molar-refractivity contribution in [1.29, 1.82) is 5.26 Å². The monoisotopic (exact) mass is 358 g/mol. The van der Waals surface area contributed by atoms with Crippen molar-refractivity contribution in [2.24, 2.45) is 5.92 Å². The van der Waals surface area contributed by atoms with Crippen molar-refractivity contribution >= 4 is 5.91 Å². The molecule has 2 aliphatic rings. The van der Waals surface area contributed by atoms with Gasteiger partial charge in [0.05, 0.1) is 12.0 Å². The zero-order chi connectivity index (χ0) is 18.5. The maximum atomic E-state index is 12.1. The summed E-state index contributed by atoms with van der Waals surface area (Å²) < 4.78 is 0. The second kappa shape index (κ2) is 8.47. The van der Waals surface area contributed by atoms with Crippen molar-refractivity contribution in [3.8, 4) is 6.19 Å². The number of carbonyl (C=O) groups excluding carboxylic acids is 1.